The molecule has 1 atom stereocenters. The van der Waals surface area contributed by atoms with Crippen LogP contribution in [0.5, 0.6) is 0 Å². The van der Waals surface area contributed by atoms with Crippen LogP contribution in [0, 0.1) is 6.92 Å². The minimum absolute atomic E-state index is 0.486. The molecule has 0 bridgehead atoms. The SMILES string of the molecule is CNc1cc(C2CCCN2Cc2cnn(C)c2C)ccn1. The lowest BCUT2D eigenvalue weighted by molar-refractivity contribution is 0.248. The van der Waals surface area contributed by atoms with Crippen molar-refractivity contribution in [1.29, 1.82) is 0 Å². The molecule has 0 aliphatic carbocycles. The topological polar surface area (TPSA) is 46.0 Å². The van der Waals surface area contributed by atoms with Gasteiger partial charge in [0.1, 0.15) is 5.82 Å². The number of rotatable bonds is 4. The fourth-order valence-electron chi connectivity index (χ4n) is 3.10. The molecule has 1 fully saturated rings. The van der Waals surface area contributed by atoms with Crippen LogP contribution in [0.25, 0.3) is 0 Å². The van der Waals surface area contributed by atoms with Crippen LogP contribution in [0.4, 0.5) is 5.82 Å². The molecule has 0 amide bonds. The Hall–Kier alpha value is -1.88. The molecule has 3 rings (SSSR count). The molecule has 1 saturated heterocycles. The summed E-state index contributed by atoms with van der Waals surface area (Å²) < 4.78 is 1.95. The monoisotopic (exact) mass is 285 g/mol. The van der Waals surface area contributed by atoms with Gasteiger partial charge in [-0.15, -0.1) is 0 Å². The van der Waals surface area contributed by atoms with Crippen molar-refractivity contribution in [3.63, 3.8) is 0 Å². The van der Waals surface area contributed by atoms with Gasteiger partial charge in [-0.25, -0.2) is 4.98 Å². The molecule has 0 radical (unpaired) electrons. The van der Waals surface area contributed by atoms with Gasteiger partial charge >= 0.3 is 0 Å². The van der Waals surface area contributed by atoms with Crippen LogP contribution in [0.15, 0.2) is 24.5 Å². The molecular formula is C16H23N5. The summed E-state index contributed by atoms with van der Waals surface area (Å²) in [5.41, 5.74) is 3.94. The first-order valence-corrected chi connectivity index (χ1v) is 7.54. The number of aryl methyl sites for hydroxylation is 1. The Labute approximate surface area is 126 Å². The average Bonchev–Trinajstić information content (AvgIpc) is 3.09. The van der Waals surface area contributed by atoms with E-state index < -0.39 is 0 Å². The predicted octanol–water partition coefficient (Wildman–Crippen LogP) is 2.50. The Bertz CT molecular complexity index is 619. The third-order valence-electron chi connectivity index (χ3n) is 4.50. The number of hydrogen-bond donors (Lipinski definition) is 1. The maximum Gasteiger partial charge on any atom is 0.125 e. The van der Waals surface area contributed by atoms with Crippen molar-refractivity contribution in [2.24, 2.45) is 7.05 Å². The van der Waals surface area contributed by atoms with Crippen LogP contribution in [-0.2, 0) is 13.6 Å². The zero-order valence-electron chi connectivity index (χ0n) is 13.0. The van der Waals surface area contributed by atoms with E-state index in [0.717, 1.165) is 18.9 Å². The second kappa shape index (κ2) is 5.85. The average molecular weight is 285 g/mol. The fraction of sp³-hybridized carbons (Fsp3) is 0.500. The molecule has 2 aromatic heterocycles. The third kappa shape index (κ3) is 2.78. The number of aromatic nitrogens is 3. The Morgan fingerprint density at radius 1 is 1.43 bits per heavy atom. The van der Waals surface area contributed by atoms with Crippen molar-refractivity contribution >= 4 is 5.82 Å². The fourth-order valence-corrected chi connectivity index (χ4v) is 3.10. The number of nitrogens with zero attached hydrogens (tertiary/aromatic N) is 4. The van der Waals surface area contributed by atoms with Gasteiger partial charge < -0.3 is 5.32 Å². The number of likely N-dealkylation sites (tertiary alicyclic amines) is 1. The molecule has 1 aliphatic heterocycles. The van der Waals surface area contributed by atoms with Gasteiger partial charge in [-0.05, 0) is 44.0 Å². The molecule has 0 saturated carbocycles. The smallest absolute Gasteiger partial charge is 0.125 e. The quantitative estimate of drug-likeness (QED) is 0.937. The van der Waals surface area contributed by atoms with Gasteiger partial charge in [-0.3, -0.25) is 9.58 Å². The Kier molecular flexibility index (Phi) is 3.92. The van der Waals surface area contributed by atoms with Crippen LogP contribution in [0.3, 0.4) is 0 Å². The van der Waals surface area contributed by atoms with Crippen molar-refractivity contribution in [2.45, 2.75) is 32.4 Å². The highest BCUT2D eigenvalue weighted by Crippen LogP contribution is 2.33. The van der Waals surface area contributed by atoms with E-state index in [-0.39, 0.29) is 0 Å². The summed E-state index contributed by atoms with van der Waals surface area (Å²) in [6.07, 6.45) is 6.36. The molecule has 2 aromatic rings. The van der Waals surface area contributed by atoms with Crippen molar-refractivity contribution in [3.8, 4) is 0 Å². The molecule has 0 aromatic carbocycles. The first-order valence-electron chi connectivity index (χ1n) is 7.54. The second-order valence-corrected chi connectivity index (χ2v) is 5.73. The zero-order chi connectivity index (χ0) is 14.8. The number of nitrogens with one attached hydrogen (secondary N) is 1. The van der Waals surface area contributed by atoms with E-state index in [1.807, 2.05) is 31.2 Å². The highest BCUT2D eigenvalue weighted by molar-refractivity contribution is 5.38. The summed E-state index contributed by atoms with van der Waals surface area (Å²) in [5, 5.41) is 7.48. The Balaban J connectivity index is 1.80. The highest BCUT2D eigenvalue weighted by Gasteiger charge is 2.27. The first kappa shape index (κ1) is 14.1. The minimum atomic E-state index is 0.486. The molecule has 1 unspecified atom stereocenters. The maximum absolute atomic E-state index is 4.35. The Morgan fingerprint density at radius 2 is 2.29 bits per heavy atom. The van der Waals surface area contributed by atoms with Gasteiger partial charge in [0.05, 0.1) is 6.20 Å². The van der Waals surface area contributed by atoms with E-state index in [2.05, 4.69) is 39.4 Å². The summed E-state index contributed by atoms with van der Waals surface area (Å²) in [6, 6.07) is 4.79. The summed E-state index contributed by atoms with van der Waals surface area (Å²) in [6.45, 7) is 4.26. The number of anilines is 1. The van der Waals surface area contributed by atoms with Crippen molar-refractivity contribution in [3.05, 3.63) is 41.3 Å². The van der Waals surface area contributed by atoms with Gasteiger partial charge in [-0.1, -0.05) is 0 Å². The van der Waals surface area contributed by atoms with Crippen LogP contribution >= 0.6 is 0 Å². The summed E-state index contributed by atoms with van der Waals surface area (Å²) in [5.74, 6) is 0.942. The minimum Gasteiger partial charge on any atom is -0.373 e. The third-order valence-corrected chi connectivity index (χ3v) is 4.50. The molecular weight excluding hydrogens is 262 g/mol. The molecule has 112 valence electrons. The summed E-state index contributed by atoms with van der Waals surface area (Å²) in [4.78, 5) is 6.87. The number of pyridine rings is 1. The highest BCUT2D eigenvalue weighted by atomic mass is 15.3. The van der Waals surface area contributed by atoms with Gasteiger partial charge in [0.25, 0.3) is 0 Å². The molecule has 0 spiro atoms. The van der Waals surface area contributed by atoms with Crippen LogP contribution < -0.4 is 5.32 Å². The molecule has 5 heteroatoms. The van der Waals surface area contributed by atoms with Gasteiger partial charge in [0.15, 0.2) is 0 Å². The van der Waals surface area contributed by atoms with E-state index in [9.17, 15) is 0 Å². The van der Waals surface area contributed by atoms with Crippen LogP contribution in [0.1, 0.15) is 35.7 Å². The molecule has 1 aliphatic rings. The van der Waals surface area contributed by atoms with Crippen LogP contribution in [-0.4, -0.2) is 33.3 Å². The maximum atomic E-state index is 4.35. The van der Waals surface area contributed by atoms with Gasteiger partial charge in [0, 0.05) is 44.1 Å². The first-order chi connectivity index (χ1) is 10.2. The lowest BCUT2D eigenvalue weighted by Crippen LogP contribution is -2.23. The van der Waals surface area contributed by atoms with Gasteiger partial charge in [0.2, 0.25) is 0 Å². The van der Waals surface area contributed by atoms with E-state index in [0.29, 0.717) is 6.04 Å². The standard InChI is InChI=1S/C16H23N5/c1-12-14(10-19-20(12)3)11-21-8-4-5-15(21)13-6-7-18-16(9-13)17-2/h6-7,9-10,15H,4-5,8,11H2,1-3H3,(H,17,18). The zero-order valence-corrected chi connectivity index (χ0v) is 13.0. The lowest BCUT2D eigenvalue weighted by atomic mass is 10.1. The predicted molar refractivity (Wildman–Crippen MR) is 84.1 cm³/mol. The number of hydrogen-bond acceptors (Lipinski definition) is 4. The van der Waals surface area contributed by atoms with E-state index in [1.165, 1.54) is 29.7 Å². The second-order valence-electron chi connectivity index (χ2n) is 5.73. The molecule has 1 N–H and O–H groups in total. The normalized spacial score (nSPS) is 19.1. The van der Waals surface area contributed by atoms with E-state index in [1.54, 1.807) is 0 Å². The lowest BCUT2D eigenvalue weighted by Gasteiger charge is -2.25. The summed E-state index contributed by atoms with van der Waals surface area (Å²) in [7, 11) is 3.92. The molecule has 3 heterocycles. The van der Waals surface area contributed by atoms with Crippen molar-refractivity contribution < 1.29 is 0 Å². The van der Waals surface area contributed by atoms with Gasteiger partial charge in [-0.2, -0.15) is 5.10 Å². The van der Waals surface area contributed by atoms with E-state index >= 15 is 0 Å². The molecule has 5 nitrogen and oxygen atoms in total. The van der Waals surface area contributed by atoms with Crippen molar-refractivity contribution in [2.75, 3.05) is 18.9 Å². The largest absolute Gasteiger partial charge is 0.373 e. The van der Waals surface area contributed by atoms with Crippen molar-refractivity contribution in [1.82, 2.24) is 19.7 Å². The van der Waals surface area contributed by atoms with E-state index in [4.69, 9.17) is 0 Å². The summed E-state index contributed by atoms with van der Waals surface area (Å²) >= 11 is 0. The van der Waals surface area contributed by atoms with Crippen LogP contribution in [0.2, 0.25) is 0 Å². The molecule has 21 heavy (non-hydrogen) atoms. The Morgan fingerprint density at radius 3 is 3.00 bits per heavy atom.